The Bertz CT molecular complexity index is 1050. The molecule has 1 aliphatic rings. The van der Waals surface area contributed by atoms with E-state index < -0.39 is 31.2 Å². The molecule has 0 aliphatic carbocycles. The molecule has 0 saturated carbocycles. The van der Waals surface area contributed by atoms with E-state index in [2.05, 4.69) is 15.0 Å². The molecule has 1 aromatic heterocycles. The average Bonchev–Trinajstić information content (AvgIpc) is 2.73. The van der Waals surface area contributed by atoms with Crippen molar-refractivity contribution in [2.45, 2.75) is 18.8 Å². The summed E-state index contributed by atoms with van der Waals surface area (Å²) in [4.78, 5) is 17.2. The van der Waals surface area contributed by atoms with E-state index in [0.29, 0.717) is 28.0 Å². The number of nitrogens with one attached hydrogen (secondary N) is 2. The van der Waals surface area contributed by atoms with Gasteiger partial charge in [-0.2, -0.15) is 17.6 Å². The van der Waals surface area contributed by atoms with Crippen LogP contribution in [0.5, 0.6) is 0 Å². The minimum atomic E-state index is -3.93. The number of nitrogens with zero attached hydrogens (tertiary/aromatic N) is 2. The number of pyridine rings is 1. The predicted octanol–water partition coefficient (Wildman–Crippen LogP) is 3.70. The van der Waals surface area contributed by atoms with E-state index in [4.69, 9.17) is 11.1 Å². The summed E-state index contributed by atoms with van der Waals surface area (Å²) in [6.07, 6.45) is 0.376. The zero-order valence-electron chi connectivity index (χ0n) is 17.3. The van der Waals surface area contributed by atoms with Gasteiger partial charge in [0.25, 0.3) is 0 Å². The first-order valence-electron chi connectivity index (χ1n) is 9.74. The Hall–Kier alpha value is -3.57. The monoisotopic (exact) mass is 463 g/mol. The summed E-state index contributed by atoms with van der Waals surface area (Å²) in [6, 6.07) is 7.84. The van der Waals surface area contributed by atoms with Gasteiger partial charge in [-0.05, 0) is 35.4 Å². The fourth-order valence-electron chi connectivity index (χ4n) is 3.29. The number of halogens is 4. The second-order valence-electron chi connectivity index (χ2n) is 7.27. The van der Waals surface area contributed by atoms with Crippen LogP contribution in [0.1, 0.15) is 16.7 Å². The molecular weight excluding hydrogens is 442 g/mol. The molecule has 2 heterocycles. The van der Waals surface area contributed by atoms with Crippen molar-refractivity contribution in [3.05, 3.63) is 71.7 Å². The Balaban J connectivity index is 1.62. The van der Waals surface area contributed by atoms with Crippen LogP contribution in [0.3, 0.4) is 0 Å². The largest absolute Gasteiger partial charge is 0.404 e. The molecular formula is C22H21F4N5O2. The summed E-state index contributed by atoms with van der Waals surface area (Å²) >= 11 is 0. The highest BCUT2D eigenvalue weighted by Gasteiger charge is 2.51. The molecule has 1 saturated heterocycles. The molecule has 174 valence electrons. The summed E-state index contributed by atoms with van der Waals surface area (Å²) in [7, 11) is 0. The Morgan fingerprint density at radius 2 is 1.85 bits per heavy atom. The number of benzene rings is 1. The van der Waals surface area contributed by atoms with Gasteiger partial charge in [0.05, 0.1) is 13.1 Å². The molecule has 4 N–H and O–H groups in total. The van der Waals surface area contributed by atoms with Crippen LogP contribution >= 0.6 is 0 Å². The molecule has 3 rings (SSSR count). The summed E-state index contributed by atoms with van der Waals surface area (Å²) < 4.78 is 56.9. The van der Waals surface area contributed by atoms with Crippen molar-refractivity contribution in [1.29, 1.82) is 5.41 Å². The number of allylic oxidation sites excluding steroid dienone is 1. The quantitative estimate of drug-likeness (QED) is 0.330. The van der Waals surface area contributed by atoms with Crippen molar-refractivity contribution in [3.63, 3.8) is 0 Å². The molecule has 0 spiro atoms. The van der Waals surface area contributed by atoms with Crippen LogP contribution in [0.25, 0.3) is 11.6 Å². The van der Waals surface area contributed by atoms with Crippen LogP contribution < -0.4 is 11.1 Å². The van der Waals surface area contributed by atoms with Crippen LogP contribution in [-0.4, -0.2) is 47.3 Å². The first kappa shape index (κ1) is 24.1. The van der Waals surface area contributed by atoms with Crippen LogP contribution in [0, 0.1) is 5.41 Å². The number of hydrogen-bond donors (Lipinski definition) is 3. The van der Waals surface area contributed by atoms with Gasteiger partial charge in [-0.15, -0.1) is 0 Å². The Kier molecular flexibility index (Phi) is 7.24. The molecule has 33 heavy (non-hydrogen) atoms. The number of carbonyl (C=O) groups is 1. The van der Waals surface area contributed by atoms with Gasteiger partial charge in [-0.3, -0.25) is 19.4 Å². The number of morpholine rings is 1. The highest BCUT2D eigenvalue weighted by atomic mass is 19.3. The molecule has 11 heteroatoms. The first-order chi connectivity index (χ1) is 15.6. The van der Waals surface area contributed by atoms with Crippen molar-refractivity contribution in [2.24, 2.45) is 5.73 Å². The standard InChI is InChI=1S/C22H21F4N5O2/c23-21(24)13-31(14-22(25,26)33-21)12-15-1-4-18(5-2-15)30-20(32)6-3-16-11-29-8-7-19(16)17(9-27)10-28/h1-11,27H,12-14,28H2,(H,30,32)/b6-3+,17-10+,27-9?. The maximum atomic E-state index is 13.3. The number of aromatic nitrogens is 1. The van der Waals surface area contributed by atoms with E-state index in [1.165, 1.54) is 36.7 Å². The summed E-state index contributed by atoms with van der Waals surface area (Å²) in [5.41, 5.74) is 8.15. The number of ether oxygens (including phenoxy) is 1. The van der Waals surface area contributed by atoms with E-state index in [1.54, 1.807) is 24.4 Å². The van der Waals surface area contributed by atoms with Crippen LogP contribution in [0.2, 0.25) is 0 Å². The molecule has 2 aromatic rings. The predicted molar refractivity (Wildman–Crippen MR) is 116 cm³/mol. The SMILES string of the molecule is N=C/C(=C\N)c1ccncc1/C=C/C(=O)Nc1ccc(CN2CC(F)(F)OC(F)(F)C2)cc1. The minimum absolute atomic E-state index is 0.129. The normalized spacial score (nSPS) is 18.2. The topological polar surface area (TPSA) is 104 Å². The first-order valence-corrected chi connectivity index (χ1v) is 9.74. The van der Waals surface area contributed by atoms with Gasteiger partial charge in [0.2, 0.25) is 5.91 Å². The summed E-state index contributed by atoms with van der Waals surface area (Å²) in [6.45, 7) is -2.01. The average molecular weight is 463 g/mol. The van der Waals surface area contributed by atoms with Gasteiger partial charge in [-0.25, -0.2) is 0 Å². The summed E-state index contributed by atoms with van der Waals surface area (Å²) in [5.74, 6) is -0.446. The van der Waals surface area contributed by atoms with Crippen molar-refractivity contribution >= 4 is 29.5 Å². The van der Waals surface area contributed by atoms with Gasteiger partial charge >= 0.3 is 12.2 Å². The van der Waals surface area contributed by atoms with E-state index in [1.807, 2.05) is 0 Å². The third kappa shape index (κ3) is 6.70. The van der Waals surface area contributed by atoms with Gasteiger partial charge in [-0.1, -0.05) is 12.1 Å². The second-order valence-corrected chi connectivity index (χ2v) is 7.27. The van der Waals surface area contributed by atoms with Gasteiger partial charge in [0.1, 0.15) is 0 Å². The van der Waals surface area contributed by atoms with Crippen molar-refractivity contribution in [2.75, 3.05) is 18.4 Å². The van der Waals surface area contributed by atoms with Crippen molar-refractivity contribution < 1.29 is 27.1 Å². The minimum Gasteiger partial charge on any atom is -0.404 e. The molecule has 1 amide bonds. The van der Waals surface area contributed by atoms with E-state index in [-0.39, 0.29) is 6.54 Å². The number of nitrogens with two attached hydrogens (primary N) is 1. The highest BCUT2D eigenvalue weighted by molar-refractivity contribution is 6.10. The Morgan fingerprint density at radius 1 is 1.18 bits per heavy atom. The number of rotatable bonds is 7. The van der Waals surface area contributed by atoms with E-state index in [0.717, 1.165) is 11.1 Å². The van der Waals surface area contributed by atoms with Gasteiger partial charge in [0, 0.05) is 54.3 Å². The second kappa shape index (κ2) is 9.92. The fraction of sp³-hybridized carbons (Fsp3) is 0.227. The van der Waals surface area contributed by atoms with Gasteiger partial charge in [0.15, 0.2) is 0 Å². The van der Waals surface area contributed by atoms with Crippen molar-refractivity contribution in [3.8, 4) is 0 Å². The zero-order valence-corrected chi connectivity index (χ0v) is 17.3. The van der Waals surface area contributed by atoms with Crippen LogP contribution in [0.15, 0.2) is 55.0 Å². The Morgan fingerprint density at radius 3 is 2.45 bits per heavy atom. The lowest BCUT2D eigenvalue weighted by Gasteiger charge is -2.36. The number of carbonyl (C=O) groups excluding carboxylic acids is 1. The van der Waals surface area contributed by atoms with E-state index >= 15 is 0 Å². The number of hydrogen-bond acceptors (Lipinski definition) is 6. The molecule has 7 nitrogen and oxygen atoms in total. The van der Waals surface area contributed by atoms with Crippen molar-refractivity contribution in [1.82, 2.24) is 9.88 Å². The molecule has 0 bridgehead atoms. The maximum Gasteiger partial charge on any atom is 0.372 e. The lowest BCUT2D eigenvalue weighted by molar-refractivity contribution is -0.405. The molecule has 0 unspecified atom stereocenters. The highest BCUT2D eigenvalue weighted by Crippen LogP contribution is 2.34. The molecule has 0 radical (unpaired) electrons. The van der Waals surface area contributed by atoms with E-state index in [9.17, 15) is 22.4 Å². The number of anilines is 1. The maximum absolute atomic E-state index is 13.3. The third-order valence-electron chi connectivity index (χ3n) is 4.65. The number of amides is 1. The molecule has 0 atom stereocenters. The zero-order chi connectivity index (χ0) is 24.1. The lowest BCUT2D eigenvalue weighted by atomic mass is 10.0. The third-order valence-corrected chi connectivity index (χ3v) is 4.65. The molecule has 1 aliphatic heterocycles. The molecule has 1 fully saturated rings. The Labute approximate surface area is 187 Å². The smallest absolute Gasteiger partial charge is 0.372 e. The van der Waals surface area contributed by atoms with Gasteiger partial charge < -0.3 is 16.5 Å². The number of alkyl halides is 4. The van der Waals surface area contributed by atoms with Crippen LogP contribution in [-0.2, 0) is 16.1 Å². The fourth-order valence-corrected chi connectivity index (χ4v) is 3.29. The van der Waals surface area contributed by atoms with Crippen LogP contribution in [0.4, 0.5) is 23.2 Å². The summed E-state index contributed by atoms with van der Waals surface area (Å²) in [5, 5.41) is 10.1. The molecule has 1 aromatic carbocycles. The lowest BCUT2D eigenvalue weighted by Crippen LogP contribution is -2.54.